The van der Waals surface area contributed by atoms with E-state index in [1.54, 1.807) is 12.1 Å². The van der Waals surface area contributed by atoms with E-state index in [-0.39, 0.29) is 11.9 Å². The Bertz CT molecular complexity index is 453. The number of rotatable bonds is 6. The van der Waals surface area contributed by atoms with Crippen molar-refractivity contribution in [3.05, 3.63) is 29.3 Å². The summed E-state index contributed by atoms with van der Waals surface area (Å²) in [6.07, 6.45) is 0. The van der Waals surface area contributed by atoms with Gasteiger partial charge in [0.15, 0.2) is 0 Å². The largest absolute Gasteiger partial charge is 0.492 e. The van der Waals surface area contributed by atoms with Crippen LogP contribution in [-0.2, 0) is 4.79 Å². The van der Waals surface area contributed by atoms with Crippen molar-refractivity contribution in [3.63, 3.8) is 0 Å². The van der Waals surface area contributed by atoms with Gasteiger partial charge in [0.1, 0.15) is 18.4 Å². The van der Waals surface area contributed by atoms with Crippen molar-refractivity contribution < 1.29 is 9.53 Å². The molecule has 1 heterocycles. The predicted molar refractivity (Wildman–Crippen MR) is 83.9 cm³/mol. The molecule has 2 rings (SSSR count). The molecule has 1 saturated heterocycles. The van der Waals surface area contributed by atoms with E-state index in [4.69, 9.17) is 16.3 Å². The Morgan fingerprint density at radius 3 is 2.95 bits per heavy atom. The van der Waals surface area contributed by atoms with E-state index in [1.165, 1.54) is 0 Å². The predicted octanol–water partition coefficient (Wildman–Crippen LogP) is 1.13. The molecule has 1 aromatic carbocycles. The van der Waals surface area contributed by atoms with Crippen LogP contribution in [-0.4, -0.2) is 56.2 Å². The first-order valence-corrected chi connectivity index (χ1v) is 7.69. The van der Waals surface area contributed by atoms with Crippen LogP contribution in [0.25, 0.3) is 0 Å². The van der Waals surface area contributed by atoms with Crippen LogP contribution in [0.4, 0.5) is 0 Å². The second-order valence-corrected chi connectivity index (χ2v) is 5.39. The van der Waals surface area contributed by atoms with Gasteiger partial charge in [-0.15, -0.1) is 0 Å². The Morgan fingerprint density at radius 2 is 2.24 bits per heavy atom. The summed E-state index contributed by atoms with van der Waals surface area (Å²) in [6.45, 7) is 6.31. The molecule has 1 fully saturated rings. The van der Waals surface area contributed by atoms with Gasteiger partial charge in [-0.2, -0.15) is 0 Å². The Hall–Kier alpha value is -1.30. The summed E-state index contributed by atoms with van der Waals surface area (Å²) < 4.78 is 5.70. The molecular formula is C15H22ClN3O2. The van der Waals surface area contributed by atoms with Crippen molar-refractivity contribution in [1.82, 2.24) is 15.5 Å². The lowest BCUT2D eigenvalue weighted by molar-refractivity contribution is -0.127. The number of likely N-dealkylation sites (N-methyl/N-ethyl adjacent to an activating group) is 1. The van der Waals surface area contributed by atoms with Crippen LogP contribution in [0.15, 0.2) is 24.3 Å². The van der Waals surface area contributed by atoms with Crippen molar-refractivity contribution in [2.24, 2.45) is 0 Å². The standard InChI is InChI=1S/C15H22ClN3O2/c1-2-18-15(20)14-11-17-7-8-19(14)9-10-21-13-5-3-12(16)4-6-13/h3-6,14,17H,2,7-11H2,1H3,(H,18,20). The van der Waals surface area contributed by atoms with Crippen LogP contribution in [0, 0.1) is 0 Å². The maximum absolute atomic E-state index is 12.0. The molecule has 0 aromatic heterocycles. The number of nitrogens with one attached hydrogen (secondary N) is 2. The van der Waals surface area contributed by atoms with E-state index in [0.717, 1.165) is 25.4 Å². The molecule has 1 atom stereocenters. The summed E-state index contributed by atoms with van der Waals surface area (Å²) in [5, 5.41) is 6.84. The van der Waals surface area contributed by atoms with Crippen molar-refractivity contribution in [3.8, 4) is 5.75 Å². The number of amides is 1. The highest BCUT2D eigenvalue weighted by Crippen LogP contribution is 2.15. The van der Waals surface area contributed by atoms with E-state index in [9.17, 15) is 4.79 Å². The van der Waals surface area contributed by atoms with Gasteiger partial charge >= 0.3 is 0 Å². The molecule has 6 heteroatoms. The summed E-state index contributed by atoms with van der Waals surface area (Å²) in [4.78, 5) is 14.2. The van der Waals surface area contributed by atoms with Gasteiger partial charge in [-0.05, 0) is 31.2 Å². The fourth-order valence-electron chi connectivity index (χ4n) is 2.38. The third-order valence-electron chi connectivity index (χ3n) is 3.47. The van der Waals surface area contributed by atoms with Crippen LogP contribution < -0.4 is 15.4 Å². The Balaban J connectivity index is 1.82. The first kappa shape index (κ1) is 16.1. The average Bonchev–Trinajstić information content (AvgIpc) is 2.50. The number of hydrogen-bond donors (Lipinski definition) is 2. The maximum Gasteiger partial charge on any atom is 0.238 e. The van der Waals surface area contributed by atoms with Gasteiger partial charge in [0, 0.05) is 37.7 Å². The topological polar surface area (TPSA) is 53.6 Å². The number of hydrogen-bond acceptors (Lipinski definition) is 4. The average molecular weight is 312 g/mol. The molecule has 1 aromatic rings. The maximum atomic E-state index is 12.0. The SMILES string of the molecule is CCNC(=O)C1CNCCN1CCOc1ccc(Cl)cc1. The minimum atomic E-state index is -0.118. The van der Waals surface area contributed by atoms with E-state index in [0.29, 0.717) is 24.7 Å². The minimum Gasteiger partial charge on any atom is -0.492 e. The molecule has 21 heavy (non-hydrogen) atoms. The molecule has 116 valence electrons. The first-order chi connectivity index (χ1) is 10.2. The van der Waals surface area contributed by atoms with Gasteiger partial charge in [0.05, 0.1) is 0 Å². The Kier molecular flexibility index (Phi) is 6.29. The van der Waals surface area contributed by atoms with Gasteiger partial charge in [0.25, 0.3) is 0 Å². The van der Waals surface area contributed by atoms with E-state index >= 15 is 0 Å². The summed E-state index contributed by atoms with van der Waals surface area (Å²) in [5.41, 5.74) is 0. The third-order valence-corrected chi connectivity index (χ3v) is 3.72. The quantitative estimate of drug-likeness (QED) is 0.827. The highest BCUT2D eigenvalue weighted by molar-refractivity contribution is 6.30. The highest BCUT2D eigenvalue weighted by atomic mass is 35.5. The third kappa shape index (κ3) is 4.88. The lowest BCUT2D eigenvalue weighted by atomic mass is 10.2. The van der Waals surface area contributed by atoms with Gasteiger partial charge in [-0.1, -0.05) is 11.6 Å². The molecule has 1 aliphatic rings. The number of ether oxygens (including phenoxy) is 1. The van der Waals surface area contributed by atoms with Gasteiger partial charge in [0.2, 0.25) is 5.91 Å². The number of carbonyl (C=O) groups excluding carboxylic acids is 1. The number of carbonyl (C=O) groups is 1. The van der Waals surface area contributed by atoms with Gasteiger partial charge in [-0.25, -0.2) is 0 Å². The Morgan fingerprint density at radius 1 is 1.48 bits per heavy atom. The van der Waals surface area contributed by atoms with Crippen molar-refractivity contribution in [2.45, 2.75) is 13.0 Å². The fraction of sp³-hybridized carbons (Fsp3) is 0.533. The molecule has 0 radical (unpaired) electrons. The van der Waals surface area contributed by atoms with E-state index in [1.807, 2.05) is 19.1 Å². The zero-order chi connectivity index (χ0) is 15.1. The lowest BCUT2D eigenvalue weighted by Crippen LogP contribution is -2.58. The van der Waals surface area contributed by atoms with E-state index in [2.05, 4.69) is 15.5 Å². The smallest absolute Gasteiger partial charge is 0.238 e. The zero-order valence-corrected chi connectivity index (χ0v) is 13.0. The van der Waals surface area contributed by atoms with Crippen molar-refractivity contribution >= 4 is 17.5 Å². The van der Waals surface area contributed by atoms with E-state index < -0.39 is 0 Å². The molecule has 0 bridgehead atoms. The van der Waals surface area contributed by atoms with Crippen molar-refractivity contribution in [1.29, 1.82) is 0 Å². The molecule has 1 aliphatic heterocycles. The van der Waals surface area contributed by atoms with Crippen LogP contribution in [0.2, 0.25) is 5.02 Å². The summed E-state index contributed by atoms with van der Waals surface area (Å²) in [6, 6.07) is 7.19. The fourth-order valence-corrected chi connectivity index (χ4v) is 2.50. The molecule has 2 N–H and O–H groups in total. The second-order valence-electron chi connectivity index (χ2n) is 4.95. The van der Waals surface area contributed by atoms with Crippen molar-refractivity contribution in [2.75, 3.05) is 39.3 Å². The normalized spacial score (nSPS) is 19.2. The molecule has 5 nitrogen and oxygen atoms in total. The van der Waals surface area contributed by atoms with Crippen LogP contribution >= 0.6 is 11.6 Å². The summed E-state index contributed by atoms with van der Waals surface area (Å²) in [7, 11) is 0. The molecule has 1 amide bonds. The minimum absolute atomic E-state index is 0.0798. The van der Waals surface area contributed by atoms with Crippen LogP contribution in [0.5, 0.6) is 5.75 Å². The molecule has 0 aliphatic carbocycles. The molecule has 0 spiro atoms. The number of piperazine rings is 1. The van der Waals surface area contributed by atoms with Gasteiger partial charge in [-0.3, -0.25) is 9.69 Å². The molecule has 1 unspecified atom stereocenters. The zero-order valence-electron chi connectivity index (χ0n) is 12.3. The van der Waals surface area contributed by atoms with Crippen LogP contribution in [0.3, 0.4) is 0 Å². The number of nitrogens with zero attached hydrogens (tertiary/aromatic N) is 1. The number of halogens is 1. The lowest BCUT2D eigenvalue weighted by Gasteiger charge is -2.34. The van der Waals surface area contributed by atoms with Gasteiger partial charge < -0.3 is 15.4 Å². The molecular weight excluding hydrogens is 290 g/mol. The summed E-state index contributed by atoms with van der Waals surface area (Å²) >= 11 is 5.84. The van der Waals surface area contributed by atoms with Crippen LogP contribution in [0.1, 0.15) is 6.92 Å². The Labute approximate surface area is 130 Å². The highest BCUT2D eigenvalue weighted by Gasteiger charge is 2.27. The first-order valence-electron chi connectivity index (χ1n) is 7.31. The molecule has 0 saturated carbocycles. The monoisotopic (exact) mass is 311 g/mol. The number of benzene rings is 1. The second kappa shape index (κ2) is 8.22. The summed E-state index contributed by atoms with van der Waals surface area (Å²) in [5.74, 6) is 0.875.